The van der Waals surface area contributed by atoms with Crippen LogP contribution in [-0.4, -0.2) is 21.8 Å². The molecule has 4 nitrogen and oxygen atoms in total. The van der Waals surface area contributed by atoms with Crippen molar-refractivity contribution >= 4 is 38.9 Å². The summed E-state index contributed by atoms with van der Waals surface area (Å²) in [5, 5.41) is 2.30. The first-order chi connectivity index (χ1) is 28.7. The van der Waals surface area contributed by atoms with Crippen molar-refractivity contribution in [3.63, 3.8) is 0 Å². The van der Waals surface area contributed by atoms with Crippen LogP contribution in [-0.2, 0) is 26.5 Å². The predicted molar refractivity (Wildman–Crippen MR) is 245 cm³/mol. The van der Waals surface area contributed by atoms with Crippen molar-refractivity contribution in [1.29, 1.82) is 0 Å². The zero-order valence-electron chi connectivity index (χ0n) is 34.6. The van der Waals surface area contributed by atoms with E-state index in [1.54, 1.807) is 0 Å². The average molecular weight is 958 g/mol. The molecule has 0 aliphatic carbocycles. The van der Waals surface area contributed by atoms with E-state index in [2.05, 4.69) is 231 Å². The van der Waals surface area contributed by atoms with Crippen molar-refractivity contribution in [2.45, 2.75) is 45.6 Å². The molecule has 0 bridgehead atoms. The monoisotopic (exact) mass is 957 g/mol. The number of para-hydroxylation sites is 3. The fourth-order valence-corrected chi connectivity index (χ4v) is 9.45. The third-order valence-electron chi connectivity index (χ3n) is 12.2. The van der Waals surface area contributed by atoms with Gasteiger partial charge in [-0.25, -0.2) is 4.98 Å². The fraction of sp³-hybridized carbons (Fsp3) is 0.145. The molecule has 0 spiro atoms. The summed E-state index contributed by atoms with van der Waals surface area (Å²) in [6.45, 7) is 12.0. The average Bonchev–Trinajstić information content (AvgIpc) is 3.82. The minimum absolute atomic E-state index is 0. The molecule has 0 fully saturated rings. The zero-order chi connectivity index (χ0) is 40.3. The Morgan fingerprint density at radius 2 is 1.18 bits per heavy atom. The summed E-state index contributed by atoms with van der Waals surface area (Å²) in [4.78, 5) is 9.95. The second-order valence-corrected chi connectivity index (χ2v) is 16.7. The molecule has 1 aliphatic rings. The summed E-state index contributed by atoms with van der Waals surface area (Å²) in [6, 6.07) is 69.4. The van der Waals surface area contributed by atoms with E-state index in [1.807, 2.05) is 6.20 Å². The molecule has 2 aromatic heterocycles. The van der Waals surface area contributed by atoms with Crippen LogP contribution >= 0.6 is 0 Å². The Morgan fingerprint density at radius 3 is 1.88 bits per heavy atom. The molecule has 0 amide bonds. The number of nitrogens with zero attached hydrogens (tertiary/aromatic N) is 4. The van der Waals surface area contributed by atoms with Gasteiger partial charge in [0.2, 0.25) is 0 Å². The van der Waals surface area contributed by atoms with Crippen LogP contribution in [0.4, 0.5) is 17.1 Å². The van der Waals surface area contributed by atoms with Crippen LogP contribution in [0, 0.1) is 26.0 Å². The molecule has 0 unspecified atom stereocenters. The molecule has 0 atom stereocenters. The molecular formula is C55H46N4Pt. The minimum atomic E-state index is -0.773. The van der Waals surface area contributed by atoms with Crippen LogP contribution in [0.5, 0.6) is 0 Å². The molecule has 1 aliphatic heterocycles. The van der Waals surface area contributed by atoms with Crippen molar-refractivity contribution in [3.8, 4) is 16.9 Å². The van der Waals surface area contributed by atoms with Crippen molar-refractivity contribution in [2.24, 2.45) is 0 Å². The molecular weight excluding hydrogens is 912 g/mol. The van der Waals surface area contributed by atoms with Gasteiger partial charge in [0.1, 0.15) is 5.82 Å². The van der Waals surface area contributed by atoms with Gasteiger partial charge in [-0.1, -0.05) is 120 Å². The standard InChI is InChI=1S/C55H46N4.Pt/c1-38-18-16-19-39(2)53(38)40-32-33-56-52(34-40)59-48-27-13-12-26-46(48)47-31-30-44(36-51(47)59)55(41-20-8-6-9-21-41,42-22-10-7-11-23-42)43-24-17-25-45(35-43)57-37-58(54(3,4)5)50-29-15-14-28-49(50)57;/h6-34H,37H2,1-5H3;/q-2;+2. The molecule has 7 aromatic carbocycles. The van der Waals surface area contributed by atoms with Gasteiger partial charge in [0.25, 0.3) is 0 Å². The Kier molecular flexibility index (Phi) is 10.1. The van der Waals surface area contributed by atoms with Gasteiger partial charge in [0, 0.05) is 22.7 Å². The number of hydrogen-bond donors (Lipinski definition) is 0. The first-order valence-electron chi connectivity index (χ1n) is 20.5. The number of aromatic nitrogens is 2. The maximum atomic E-state index is 5.06. The molecule has 0 saturated heterocycles. The van der Waals surface area contributed by atoms with Crippen LogP contribution in [0.3, 0.4) is 0 Å². The van der Waals surface area contributed by atoms with Crippen LogP contribution in [0.25, 0.3) is 38.8 Å². The molecule has 0 N–H and O–H groups in total. The van der Waals surface area contributed by atoms with Crippen LogP contribution in [0.2, 0.25) is 0 Å². The third kappa shape index (κ3) is 6.37. The van der Waals surface area contributed by atoms with E-state index in [0.29, 0.717) is 0 Å². The van der Waals surface area contributed by atoms with Crippen molar-refractivity contribution in [2.75, 3.05) is 16.5 Å². The first kappa shape index (κ1) is 39.3. The van der Waals surface area contributed by atoms with Gasteiger partial charge in [0.05, 0.1) is 18.0 Å². The largest absolute Gasteiger partial charge is 2.00 e. The first-order valence-corrected chi connectivity index (χ1v) is 20.5. The molecule has 296 valence electrons. The number of hydrogen-bond acceptors (Lipinski definition) is 3. The molecule has 9 aromatic rings. The van der Waals surface area contributed by atoms with Crippen LogP contribution in [0.15, 0.2) is 176 Å². The Morgan fingerprint density at radius 1 is 0.567 bits per heavy atom. The van der Waals surface area contributed by atoms with E-state index in [-0.39, 0.29) is 26.6 Å². The number of aryl methyl sites for hydroxylation is 2. The smallest absolute Gasteiger partial charge is 0.347 e. The summed E-state index contributed by atoms with van der Waals surface area (Å²) in [5.41, 5.74) is 14.0. The van der Waals surface area contributed by atoms with Crippen LogP contribution < -0.4 is 9.80 Å². The van der Waals surface area contributed by atoms with Gasteiger partial charge < -0.3 is 14.4 Å². The fourth-order valence-electron chi connectivity index (χ4n) is 9.45. The maximum Gasteiger partial charge on any atom is 2.00 e. The second kappa shape index (κ2) is 15.4. The quantitative estimate of drug-likeness (QED) is 0.118. The summed E-state index contributed by atoms with van der Waals surface area (Å²) >= 11 is 0. The number of rotatable bonds is 7. The van der Waals surface area contributed by atoms with Crippen molar-refractivity contribution in [1.82, 2.24) is 9.55 Å². The topological polar surface area (TPSA) is 24.3 Å². The SMILES string of the molecule is Cc1cccc(C)c1-c1ccnc(-n2c3[c-]c(C(c4[c-]c(N5CN(C(C)(C)C)c6ccccc65)ccc4)(c4ccccc4)c4ccccc4)ccc3c3ccccc32)c1.[Pt+2]. The predicted octanol–water partition coefficient (Wildman–Crippen LogP) is 13.2. The van der Waals surface area contributed by atoms with E-state index in [0.717, 1.165) is 62.4 Å². The van der Waals surface area contributed by atoms with Crippen LogP contribution in [0.1, 0.15) is 54.2 Å². The van der Waals surface area contributed by atoms with Gasteiger partial charge in [-0.3, -0.25) is 0 Å². The van der Waals surface area contributed by atoms with Gasteiger partial charge >= 0.3 is 21.1 Å². The normalized spacial score (nSPS) is 12.8. The van der Waals surface area contributed by atoms with E-state index < -0.39 is 5.41 Å². The number of fused-ring (bicyclic) bond motifs is 4. The van der Waals surface area contributed by atoms with E-state index in [4.69, 9.17) is 4.98 Å². The molecule has 10 rings (SSSR count). The van der Waals surface area contributed by atoms with Crippen molar-refractivity contribution in [3.05, 3.63) is 222 Å². The van der Waals surface area contributed by atoms with Gasteiger partial charge in [-0.05, 0) is 104 Å². The molecule has 0 radical (unpaired) electrons. The number of pyridine rings is 1. The van der Waals surface area contributed by atoms with Crippen molar-refractivity contribution < 1.29 is 21.1 Å². The second-order valence-electron chi connectivity index (χ2n) is 16.7. The number of benzene rings is 7. The molecule has 0 saturated carbocycles. The van der Waals surface area contributed by atoms with E-state index >= 15 is 0 Å². The number of anilines is 3. The minimum Gasteiger partial charge on any atom is -0.347 e. The van der Waals surface area contributed by atoms with E-state index in [1.165, 1.54) is 33.5 Å². The van der Waals surface area contributed by atoms with Gasteiger partial charge in [-0.2, -0.15) is 36.4 Å². The molecule has 5 heteroatoms. The summed E-state index contributed by atoms with van der Waals surface area (Å²) in [7, 11) is 0. The maximum absolute atomic E-state index is 5.06. The Bertz CT molecular complexity index is 2940. The molecule has 3 heterocycles. The third-order valence-corrected chi connectivity index (χ3v) is 12.2. The Hall–Kier alpha value is -6.22. The zero-order valence-corrected chi connectivity index (χ0v) is 36.8. The molecule has 60 heavy (non-hydrogen) atoms. The Labute approximate surface area is 368 Å². The van der Waals surface area contributed by atoms with Gasteiger partial charge in [0.15, 0.2) is 0 Å². The Balaban J connectivity index is 0.00000462. The van der Waals surface area contributed by atoms with E-state index in [9.17, 15) is 0 Å². The summed E-state index contributed by atoms with van der Waals surface area (Å²) in [6.07, 6.45) is 1.94. The van der Waals surface area contributed by atoms with Gasteiger partial charge in [-0.15, -0.1) is 22.6 Å². The summed E-state index contributed by atoms with van der Waals surface area (Å²) in [5.74, 6) is 0.861. The summed E-state index contributed by atoms with van der Waals surface area (Å²) < 4.78 is 2.30.